The number of aryl methyl sites for hydroxylation is 1. The molecule has 6 nitrogen and oxygen atoms in total. The molecule has 30 heavy (non-hydrogen) atoms. The number of aromatic hydroxyl groups is 2. The van der Waals surface area contributed by atoms with E-state index in [1.165, 1.54) is 0 Å². The molecular formula is C24H34O6. The highest BCUT2D eigenvalue weighted by Crippen LogP contribution is 2.50. The first kappa shape index (κ1) is 22.4. The largest absolute Gasteiger partial charge is 0.508 e. The zero-order chi connectivity index (χ0) is 21.6. The second-order valence-corrected chi connectivity index (χ2v) is 9.17. The number of ether oxygens (including phenoxy) is 1. The second-order valence-electron chi connectivity index (χ2n) is 9.17. The maximum absolute atomic E-state index is 11.2. The molecule has 0 radical (unpaired) electrons. The van der Waals surface area contributed by atoms with Crippen LogP contribution in [0.5, 0.6) is 11.5 Å². The number of carbonyl (C=O) groups is 2. The van der Waals surface area contributed by atoms with E-state index in [0.29, 0.717) is 18.5 Å². The van der Waals surface area contributed by atoms with Gasteiger partial charge in [0.15, 0.2) is 0 Å². The first-order chi connectivity index (χ1) is 14.4. The molecule has 166 valence electrons. The van der Waals surface area contributed by atoms with Crippen LogP contribution in [0.1, 0.15) is 88.2 Å². The molecule has 0 saturated heterocycles. The van der Waals surface area contributed by atoms with Crippen molar-refractivity contribution in [1.29, 1.82) is 0 Å². The molecule has 0 aliphatic heterocycles. The Labute approximate surface area is 178 Å². The topological polar surface area (TPSA) is 104 Å². The van der Waals surface area contributed by atoms with E-state index in [2.05, 4.69) is 0 Å². The summed E-state index contributed by atoms with van der Waals surface area (Å²) in [7, 11) is 0. The zero-order valence-corrected chi connectivity index (χ0v) is 17.7. The summed E-state index contributed by atoms with van der Waals surface area (Å²) in [6.45, 7) is 0.546. The number of rotatable bonds is 15. The van der Waals surface area contributed by atoms with Gasteiger partial charge in [-0.15, -0.1) is 0 Å². The minimum atomic E-state index is -0.660. The summed E-state index contributed by atoms with van der Waals surface area (Å²) in [5.74, 6) is -0.328. The van der Waals surface area contributed by atoms with E-state index in [-0.39, 0.29) is 17.1 Å². The molecular weight excluding hydrogens is 384 g/mol. The number of carboxylic acids is 1. The third-order valence-electron chi connectivity index (χ3n) is 6.92. The van der Waals surface area contributed by atoms with Crippen LogP contribution in [0.2, 0.25) is 0 Å². The molecule has 2 aliphatic carbocycles. The number of unbranched alkanes of at least 4 members (excludes halogenated alkanes) is 4. The van der Waals surface area contributed by atoms with Crippen molar-refractivity contribution in [3.63, 3.8) is 0 Å². The number of phenols is 2. The van der Waals surface area contributed by atoms with E-state index in [1.54, 1.807) is 12.1 Å². The Bertz CT molecular complexity index is 748. The standard InChI is InChI=1S/C24H34O6/c25-17-30-24(15-16-24)12-6-2-4-8-19-20(26)10-9-18(21(19)27)7-3-1-5-11-23(13-14-23)22(28)29/h9-10,17,26-27H,1-8,11-16H2,(H,28,29). The Morgan fingerprint density at radius 2 is 1.60 bits per heavy atom. The van der Waals surface area contributed by atoms with Crippen LogP contribution in [0.25, 0.3) is 0 Å². The van der Waals surface area contributed by atoms with E-state index >= 15 is 0 Å². The highest BCUT2D eigenvalue weighted by molar-refractivity contribution is 5.77. The predicted molar refractivity (Wildman–Crippen MR) is 113 cm³/mol. The minimum Gasteiger partial charge on any atom is -0.508 e. The van der Waals surface area contributed by atoms with Gasteiger partial charge in [0, 0.05) is 5.56 Å². The fourth-order valence-corrected chi connectivity index (χ4v) is 4.39. The number of carboxylic acid groups (broad SMARTS) is 1. The maximum atomic E-state index is 11.2. The molecule has 0 heterocycles. The molecule has 6 heteroatoms. The van der Waals surface area contributed by atoms with Crippen molar-refractivity contribution in [3.05, 3.63) is 23.3 Å². The number of benzene rings is 1. The summed E-state index contributed by atoms with van der Waals surface area (Å²) >= 11 is 0. The van der Waals surface area contributed by atoms with E-state index in [4.69, 9.17) is 4.74 Å². The van der Waals surface area contributed by atoms with Gasteiger partial charge >= 0.3 is 5.97 Å². The predicted octanol–water partition coefficient (Wildman–Crippen LogP) is 4.87. The number of phenolic OH excluding ortho intramolecular Hbond substituents is 2. The van der Waals surface area contributed by atoms with Crippen LogP contribution in [0, 0.1) is 5.41 Å². The van der Waals surface area contributed by atoms with E-state index in [0.717, 1.165) is 89.0 Å². The highest BCUT2D eigenvalue weighted by Gasteiger charge is 2.49. The molecule has 0 bridgehead atoms. The van der Waals surface area contributed by atoms with Gasteiger partial charge < -0.3 is 20.1 Å². The van der Waals surface area contributed by atoms with Crippen LogP contribution < -0.4 is 0 Å². The Balaban J connectivity index is 1.38. The molecule has 0 unspecified atom stereocenters. The zero-order valence-electron chi connectivity index (χ0n) is 17.7. The summed E-state index contributed by atoms with van der Waals surface area (Å²) < 4.78 is 5.16. The fourth-order valence-electron chi connectivity index (χ4n) is 4.39. The van der Waals surface area contributed by atoms with Crippen molar-refractivity contribution >= 4 is 12.4 Å². The van der Waals surface area contributed by atoms with Crippen molar-refractivity contribution in [2.24, 2.45) is 5.41 Å². The monoisotopic (exact) mass is 418 g/mol. The quantitative estimate of drug-likeness (QED) is 0.277. The lowest BCUT2D eigenvalue weighted by molar-refractivity contribution is -0.143. The van der Waals surface area contributed by atoms with Gasteiger partial charge in [-0.3, -0.25) is 9.59 Å². The number of hydrogen-bond acceptors (Lipinski definition) is 5. The van der Waals surface area contributed by atoms with Crippen LogP contribution in [0.3, 0.4) is 0 Å². The van der Waals surface area contributed by atoms with Gasteiger partial charge in [-0.25, -0.2) is 0 Å². The van der Waals surface area contributed by atoms with Crippen LogP contribution in [0.15, 0.2) is 12.1 Å². The lowest BCUT2D eigenvalue weighted by atomic mass is 9.95. The summed E-state index contributed by atoms with van der Waals surface area (Å²) in [5, 5.41) is 30.0. The Hall–Kier alpha value is -2.24. The highest BCUT2D eigenvalue weighted by atomic mass is 16.5. The SMILES string of the molecule is O=COC1(CCCCCc2c(O)ccc(CCCCCC3(C(=O)O)CC3)c2O)CC1. The molecule has 0 atom stereocenters. The number of hydrogen-bond donors (Lipinski definition) is 3. The van der Waals surface area contributed by atoms with Crippen LogP contribution in [-0.2, 0) is 27.2 Å². The molecule has 2 saturated carbocycles. The molecule has 1 aromatic carbocycles. The van der Waals surface area contributed by atoms with Crippen molar-refractivity contribution in [1.82, 2.24) is 0 Å². The van der Waals surface area contributed by atoms with E-state index in [9.17, 15) is 24.9 Å². The lowest BCUT2D eigenvalue weighted by Gasteiger charge is -2.14. The molecule has 2 aliphatic rings. The van der Waals surface area contributed by atoms with Crippen molar-refractivity contribution in [3.8, 4) is 11.5 Å². The normalized spacial score (nSPS) is 18.0. The third kappa shape index (κ3) is 5.67. The first-order valence-corrected chi connectivity index (χ1v) is 11.3. The smallest absolute Gasteiger partial charge is 0.309 e. The fraction of sp³-hybridized carbons (Fsp3) is 0.667. The third-order valence-corrected chi connectivity index (χ3v) is 6.92. The molecule has 0 spiro atoms. The van der Waals surface area contributed by atoms with Gasteiger partial charge in [-0.2, -0.15) is 0 Å². The molecule has 0 amide bonds. The maximum Gasteiger partial charge on any atom is 0.309 e. The van der Waals surface area contributed by atoms with Crippen molar-refractivity contribution in [2.45, 2.75) is 95.5 Å². The average molecular weight is 419 g/mol. The van der Waals surface area contributed by atoms with Gasteiger partial charge in [-0.1, -0.05) is 25.3 Å². The molecule has 3 N–H and O–H groups in total. The van der Waals surface area contributed by atoms with Crippen molar-refractivity contribution in [2.75, 3.05) is 0 Å². The number of carbonyl (C=O) groups excluding carboxylic acids is 1. The van der Waals surface area contributed by atoms with Gasteiger partial charge in [0.2, 0.25) is 0 Å². The van der Waals surface area contributed by atoms with Crippen molar-refractivity contribution < 1.29 is 29.6 Å². The Morgan fingerprint density at radius 3 is 2.20 bits per heavy atom. The van der Waals surface area contributed by atoms with Crippen LogP contribution in [0.4, 0.5) is 0 Å². The second kappa shape index (κ2) is 9.71. The summed E-state index contributed by atoms with van der Waals surface area (Å²) in [6, 6.07) is 3.44. The van der Waals surface area contributed by atoms with E-state index < -0.39 is 11.4 Å². The summed E-state index contributed by atoms with van der Waals surface area (Å²) in [4.78, 5) is 21.7. The summed E-state index contributed by atoms with van der Waals surface area (Å²) in [6.07, 6.45) is 12.0. The van der Waals surface area contributed by atoms with Gasteiger partial charge in [0.1, 0.15) is 17.1 Å². The number of aliphatic carboxylic acids is 1. The first-order valence-electron chi connectivity index (χ1n) is 11.3. The minimum absolute atomic E-state index is 0.135. The Kier molecular flexibility index (Phi) is 7.27. The van der Waals surface area contributed by atoms with Gasteiger partial charge in [0.25, 0.3) is 6.47 Å². The average Bonchev–Trinajstić information content (AvgIpc) is 3.63. The molecule has 0 aromatic heterocycles. The van der Waals surface area contributed by atoms with E-state index in [1.807, 2.05) is 0 Å². The molecule has 1 aromatic rings. The van der Waals surface area contributed by atoms with Crippen LogP contribution in [-0.4, -0.2) is 33.4 Å². The van der Waals surface area contributed by atoms with Crippen LogP contribution >= 0.6 is 0 Å². The summed E-state index contributed by atoms with van der Waals surface area (Å²) in [5.41, 5.74) is 0.793. The van der Waals surface area contributed by atoms with Gasteiger partial charge in [0.05, 0.1) is 5.41 Å². The molecule has 3 rings (SSSR count). The molecule has 2 fully saturated rings. The Morgan fingerprint density at radius 1 is 0.933 bits per heavy atom. The van der Waals surface area contributed by atoms with Gasteiger partial charge in [-0.05, 0) is 82.3 Å². The lowest BCUT2D eigenvalue weighted by Crippen LogP contribution is -2.14.